The molecule has 3 saturated carbocycles. The van der Waals surface area contributed by atoms with E-state index >= 15 is 0 Å². The number of hydrogen-bond donors (Lipinski definition) is 1. The molecule has 1 N–H and O–H groups in total. The van der Waals surface area contributed by atoms with Crippen LogP contribution in [-0.4, -0.2) is 66.1 Å². The van der Waals surface area contributed by atoms with Crippen molar-refractivity contribution in [3.63, 3.8) is 0 Å². The third kappa shape index (κ3) is 5.60. The third-order valence-electron chi connectivity index (χ3n) is 10.0. The van der Waals surface area contributed by atoms with Gasteiger partial charge in [0.15, 0.2) is 0 Å². The molecule has 2 heterocycles. The Balaban J connectivity index is 1.27. The molecule has 1 aromatic carbocycles. The predicted molar refractivity (Wildman–Crippen MR) is 154 cm³/mol. The van der Waals surface area contributed by atoms with Crippen LogP contribution in [0.5, 0.6) is 0 Å². The second-order valence-electron chi connectivity index (χ2n) is 14.4. The molecule has 2 amide bonds. The van der Waals surface area contributed by atoms with Crippen LogP contribution in [0.3, 0.4) is 0 Å². The summed E-state index contributed by atoms with van der Waals surface area (Å²) in [6.07, 6.45) is 4.42. The Labute approximate surface area is 240 Å². The average Bonchev–Trinajstić information content (AvgIpc) is 3.24. The van der Waals surface area contributed by atoms with Crippen LogP contribution in [-0.2, 0) is 25.2 Å². The largest absolute Gasteiger partial charge is 0.482 e. The minimum absolute atomic E-state index is 0.0221. The first-order valence-electron chi connectivity index (χ1n) is 15.0. The van der Waals surface area contributed by atoms with Gasteiger partial charge in [-0.05, 0) is 96.0 Å². The van der Waals surface area contributed by atoms with Crippen molar-refractivity contribution in [3.8, 4) is 0 Å². The van der Waals surface area contributed by atoms with Crippen molar-refractivity contribution in [1.29, 1.82) is 0 Å². The number of alkyl carbamates (subject to hydrolysis) is 1. The standard InChI is InChI=1S/C31H47BN2O6/c1-28(2,3)38-27(36)34-16-12-11-15-30(34,6)20-37-26(35)33-25(17-21-13-9-8-10-14-21)32-39-24-19-22-18-23(29(22,4)5)31(24,7)40-32/h8-10,13-14,22-25H,11-12,15-20H2,1-7H3,(H,33,35)/t22-,23-,24+,25-,30?,31-/m0/s1. The van der Waals surface area contributed by atoms with E-state index in [1.807, 2.05) is 58.0 Å². The Bertz CT molecular complexity index is 1090. The lowest BCUT2D eigenvalue weighted by Gasteiger charge is -2.64. The van der Waals surface area contributed by atoms with Gasteiger partial charge in [-0.1, -0.05) is 44.2 Å². The molecule has 0 aromatic heterocycles. The van der Waals surface area contributed by atoms with E-state index in [1.54, 1.807) is 4.90 Å². The number of carbonyl (C=O) groups is 2. The monoisotopic (exact) mass is 554 g/mol. The van der Waals surface area contributed by atoms with E-state index in [4.69, 9.17) is 18.8 Å². The fourth-order valence-electron chi connectivity index (χ4n) is 7.53. The van der Waals surface area contributed by atoms with Gasteiger partial charge in [-0.25, -0.2) is 9.59 Å². The Morgan fingerprint density at radius 2 is 1.85 bits per heavy atom. The molecule has 3 aliphatic carbocycles. The summed E-state index contributed by atoms with van der Waals surface area (Å²) < 4.78 is 24.7. The van der Waals surface area contributed by atoms with Crippen LogP contribution in [0.2, 0.25) is 0 Å². The highest BCUT2D eigenvalue weighted by molar-refractivity contribution is 6.47. The van der Waals surface area contributed by atoms with Crippen LogP contribution in [0.1, 0.15) is 86.1 Å². The lowest BCUT2D eigenvalue weighted by atomic mass is 9.43. The van der Waals surface area contributed by atoms with E-state index in [0.717, 1.165) is 31.2 Å². The number of carbonyl (C=O) groups excluding carboxylic acids is 2. The highest BCUT2D eigenvalue weighted by Gasteiger charge is 2.68. The smallest absolute Gasteiger partial charge is 0.447 e. The first-order chi connectivity index (χ1) is 18.7. The van der Waals surface area contributed by atoms with Gasteiger partial charge in [0.05, 0.1) is 23.2 Å². The summed E-state index contributed by atoms with van der Waals surface area (Å²) in [6.45, 7) is 15.1. The van der Waals surface area contributed by atoms with Crippen molar-refractivity contribution < 1.29 is 28.4 Å². The molecule has 6 rings (SSSR count). The molecular weight excluding hydrogens is 507 g/mol. The average molecular weight is 555 g/mol. The molecule has 2 saturated heterocycles. The van der Waals surface area contributed by atoms with E-state index in [2.05, 4.69) is 26.1 Å². The Morgan fingerprint density at radius 3 is 2.52 bits per heavy atom. The summed E-state index contributed by atoms with van der Waals surface area (Å²) in [5.41, 5.74) is -0.279. The van der Waals surface area contributed by atoms with Crippen LogP contribution in [0.25, 0.3) is 0 Å². The normalized spacial score (nSPS) is 33.4. The maximum Gasteiger partial charge on any atom is 0.482 e. The van der Waals surface area contributed by atoms with Gasteiger partial charge in [0, 0.05) is 6.54 Å². The van der Waals surface area contributed by atoms with Crippen LogP contribution < -0.4 is 5.32 Å². The molecule has 6 atom stereocenters. The number of likely N-dealkylation sites (tertiary alicyclic amines) is 1. The lowest BCUT2D eigenvalue weighted by Crippen LogP contribution is -2.65. The highest BCUT2D eigenvalue weighted by atomic mass is 16.7. The van der Waals surface area contributed by atoms with Crippen molar-refractivity contribution in [1.82, 2.24) is 10.2 Å². The molecule has 0 spiro atoms. The molecular formula is C31H47BN2O6. The maximum atomic E-state index is 13.3. The minimum Gasteiger partial charge on any atom is -0.447 e. The number of amides is 2. The number of rotatable bonds is 6. The van der Waals surface area contributed by atoms with E-state index in [9.17, 15) is 9.59 Å². The number of nitrogens with zero attached hydrogens (tertiary/aromatic N) is 1. The topological polar surface area (TPSA) is 86.3 Å². The third-order valence-corrected chi connectivity index (χ3v) is 10.0. The lowest BCUT2D eigenvalue weighted by molar-refractivity contribution is -0.199. The number of benzene rings is 1. The molecule has 5 aliphatic rings. The van der Waals surface area contributed by atoms with Crippen LogP contribution in [0, 0.1) is 17.3 Å². The van der Waals surface area contributed by atoms with Crippen molar-refractivity contribution >= 4 is 19.3 Å². The fraction of sp³-hybridized carbons (Fsp3) is 0.742. The molecule has 9 heteroatoms. The van der Waals surface area contributed by atoms with Crippen LogP contribution in [0.15, 0.2) is 30.3 Å². The van der Waals surface area contributed by atoms with E-state index in [1.165, 1.54) is 6.42 Å². The Kier molecular flexibility index (Phi) is 7.71. The molecule has 1 unspecified atom stereocenters. The van der Waals surface area contributed by atoms with Crippen LogP contribution in [0.4, 0.5) is 9.59 Å². The first kappa shape index (κ1) is 29.2. The molecule has 2 bridgehead atoms. The summed E-state index contributed by atoms with van der Waals surface area (Å²) in [5.74, 6) is 0.662. The van der Waals surface area contributed by atoms with Gasteiger partial charge in [0.2, 0.25) is 0 Å². The number of piperidine rings is 1. The zero-order valence-electron chi connectivity index (χ0n) is 25.3. The number of ether oxygens (including phenoxy) is 2. The zero-order chi connectivity index (χ0) is 28.9. The second-order valence-corrected chi connectivity index (χ2v) is 14.4. The quantitative estimate of drug-likeness (QED) is 0.450. The van der Waals surface area contributed by atoms with Crippen molar-refractivity contribution in [2.45, 2.75) is 116 Å². The SMILES string of the molecule is CC(C)(C)OC(=O)N1CCCCC1(C)COC(=O)N[C@@H](Cc1ccccc1)B1O[C@@H]2C[C@@H]3C[C@@H](C3(C)C)[C@]2(C)O1. The predicted octanol–water partition coefficient (Wildman–Crippen LogP) is 5.77. The molecule has 2 aliphatic heterocycles. The van der Waals surface area contributed by atoms with Gasteiger partial charge in [-0.3, -0.25) is 4.90 Å². The highest BCUT2D eigenvalue weighted by Crippen LogP contribution is 2.65. The number of nitrogens with one attached hydrogen (secondary N) is 1. The Hall–Kier alpha value is -2.26. The van der Waals surface area contributed by atoms with Gasteiger partial charge in [0.1, 0.15) is 12.2 Å². The molecule has 8 nitrogen and oxygen atoms in total. The van der Waals surface area contributed by atoms with Gasteiger partial charge in [0.25, 0.3) is 0 Å². The van der Waals surface area contributed by atoms with Crippen molar-refractivity contribution in [2.24, 2.45) is 17.3 Å². The first-order valence-corrected chi connectivity index (χ1v) is 15.0. The minimum atomic E-state index is -0.637. The van der Waals surface area contributed by atoms with Crippen LogP contribution >= 0.6 is 0 Å². The van der Waals surface area contributed by atoms with Gasteiger partial charge < -0.3 is 24.1 Å². The van der Waals surface area contributed by atoms with E-state index in [0.29, 0.717) is 24.8 Å². The van der Waals surface area contributed by atoms with E-state index in [-0.39, 0.29) is 29.8 Å². The zero-order valence-corrected chi connectivity index (χ0v) is 25.3. The van der Waals surface area contributed by atoms with E-state index < -0.39 is 30.3 Å². The molecule has 1 aromatic rings. The summed E-state index contributed by atoms with van der Waals surface area (Å²) in [6, 6.07) is 10.1. The molecule has 5 fully saturated rings. The van der Waals surface area contributed by atoms with Crippen molar-refractivity contribution in [2.75, 3.05) is 13.2 Å². The van der Waals surface area contributed by atoms with Gasteiger partial charge in [-0.15, -0.1) is 0 Å². The molecule has 0 radical (unpaired) electrons. The second kappa shape index (κ2) is 10.5. The number of hydrogen-bond acceptors (Lipinski definition) is 6. The fourth-order valence-corrected chi connectivity index (χ4v) is 7.53. The maximum absolute atomic E-state index is 13.3. The Morgan fingerprint density at radius 1 is 1.12 bits per heavy atom. The summed E-state index contributed by atoms with van der Waals surface area (Å²) in [4.78, 5) is 28.0. The molecule has 220 valence electrons. The summed E-state index contributed by atoms with van der Waals surface area (Å²) in [5, 5.41) is 3.08. The van der Waals surface area contributed by atoms with Gasteiger partial charge >= 0.3 is 19.3 Å². The summed E-state index contributed by atoms with van der Waals surface area (Å²) in [7, 11) is -0.568. The van der Waals surface area contributed by atoms with Crippen molar-refractivity contribution in [3.05, 3.63) is 35.9 Å². The molecule has 40 heavy (non-hydrogen) atoms. The van der Waals surface area contributed by atoms with Gasteiger partial charge in [-0.2, -0.15) is 0 Å². The summed E-state index contributed by atoms with van der Waals surface area (Å²) >= 11 is 0.